The number of halogens is 2. The molecule has 0 saturated carbocycles. The molecule has 3 aromatic rings. The molecule has 0 aliphatic heterocycles. The first kappa shape index (κ1) is 17.1. The smallest absolute Gasteiger partial charge is 0.345 e. The number of hydrogen-bond donors (Lipinski definition) is 0. The molecular weight excluding hydrogens is 375 g/mol. The highest BCUT2D eigenvalue weighted by atomic mass is 35.5. The van der Waals surface area contributed by atoms with Crippen molar-refractivity contribution in [2.75, 3.05) is 0 Å². The van der Waals surface area contributed by atoms with E-state index >= 15 is 0 Å². The van der Waals surface area contributed by atoms with Gasteiger partial charge in [0.15, 0.2) is 0 Å². The van der Waals surface area contributed by atoms with Gasteiger partial charge in [-0.05, 0) is 61.6 Å². The molecule has 0 spiro atoms. The average Bonchev–Trinajstić information content (AvgIpc) is 2.61. The molecule has 4 nitrogen and oxygen atoms in total. The first-order valence-electron chi connectivity index (χ1n) is 8.29. The molecule has 1 aliphatic rings. The molecule has 0 saturated heterocycles. The molecular formula is C20H14Cl2O4. The Hall–Kier alpha value is -2.30. The van der Waals surface area contributed by atoms with Gasteiger partial charge >= 0.3 is 11.6 Å². The third kappa shape index (κ3) is 3.11. The fourth-order valence-corrected chi connectivity index (χ4v) is 3.79. The van der Waals surface area contributed by atoms with Gasteiger partial charge in [0.1, 0.15) is 11.3 Å². The number of aryl methyl sites for hydroxylation is 1. The monoisotopic (exact) mass is 388 g/mol. The average molecular weight is 389 g/mol. The molecule has 0 radical (unpaired) electrons. The topological polar surface area (TPSA) is 56.5 Å². The SMILES string of the molecule is O=C(Oc1ccc2c3c(c(=O)oc2c1)CCCC3)c1ccc(Cl)cc1Cl. The number of fused-ring (bicyclic) bond motifs is 3. The van der Waals surface area contributed by atoms with Gasteiger partial charge in [0, 0.05) is 22.0 Å². The number of rotatable bonds is 2. The highest BCUT2D eigenvalue weighted by Crippen LogP contribution is 2.30. The Bertz CT molecular complexity index is 1090. The van der Waals surface area contributed by atoms with Crippen molar-refractivity contribution in [2.45, 2.75) is 25.7 Å². The largest absolute Gasteiger partial charge is 0.423 e. The lowest BCUT2D eigenvalue weighted by Gasteiger charge is -2.16. The van der Waals surface area contributed by atoms with Gasteiger partial charge in [-0.15, -0.1) is 0 Å². The summed E-state index contributed by atoms with van der Waals surface area (Å²) in [6.45, 7) is 0. The van der Waals surface area contributed by atoms with Gasteiger partial charge < -0.3 is 9.15 Å². The fraction of sp³-hybridized carbons (Fsp3) is 0.200. The van der Waals surface area contributed by atoms with Crippen LogP contribution in [0, 0.1) is 0 Å². The summed E-state index contributed by atoms with van der Waals surface area (Å²) in [6, 6.07) is 9.63. The Kier molecular flexibility index (Phi) is 4.47. The lowest BCUT2D eigenvalue weighted by Crippen LogP contribution is -2.16. The van der Waals surface area contributed by atoms with Crippen LogP contribution in [0.2, 0.25) is 10.0 Å². The highest BCUT2D eigenvalue weighted by Gasteiger charge is 2.19. The van der Waals surface area contributed by atoms with Crippen molar-refractivity contribution < 1.29 is 13.9 Å². The van der Waals surface area contributed by atoms with E-state index in [0.717, 1.165) is 42.2 Å². The second-order valence-corrected chi connectivity index (χ2v) is 7.07. The number of benzene rings is 2. The molecule has 6 heteroatoms. The zero-order valence-electron chi connectivity index (χ0n) is 13.7. The van der Waals surface area contributed by atoms with Gasteiger partial charge in [-0.1, -0.05) is 23.2 Å². The van der Waals surface area contributed by atoms with Crippen LogP contribution in [0.5, 0.6) is 5.75 Å². The number of carbonyl (C=O) groups excluding carboxylic acids is 1. The Balaban J connectivity index is 1.69. The summed E-state index contributed by atoms with van der Waals surface area (Å²) in [6.07, 6.45) is 3.66. The highest BCUT2D eigenvalue weighted by molar-refractivity contribution is 6.36. The lowest BCUT2D eigenvalue weighted by atomic mass is 9.91. The Labute approximate surface area is 159 Å². The van der Waals surface area contributed by atoms with Gasteiger partial charge in [0.25, 0.3) is 0 Å². The van der Waals surface area contributed by atoms with Crippen LogP contribution >= 0.6 is 23.2 Å². The molecule has 0 N–H and O–H groups in total. The van der Waals surface area contributed by atoms with Crippen LogP contribution in [0.15, 0.2) is 45.6 Å². The van der Waals surface area contributed by atoms with Crippen LogP contribution < -0.4 is 10.4 Å². The van der Waals surface area contributed by atoms with Crippen molar-refractivity contribution in [3.05, 3.63) is 73.6 Å². The maximum Gasteiger partial charge on any atom is 0.345 e. The molecule has 2 aromatic carbocycles. The van der Waals surface area contributed by atoms with E-state index in [-0.39, 0.29) is 22.0 Å². The van der Waals surface area contributed by atoms with Crippen LogP contribution in [0.1, 0.15) is 34.3 Å². The Morgan fingerprint density at radius 2 is 1.77 bits per heavy atom. The molecule has 26 heavy (non-hydrogen) atoms. The summed E-state index contributed by atoms with van der Waals surface area (Å²) >= 11 is 11.9. The number of esters is 1. The predicted octanol–water partition coefficient (Wildman–Crippen LogP) is 5.20. The van der Waals surface area contributed by atoms with E-state index in [4.69, 9.17) is 32.4 Å². The van der Waals surface area contributed by atoms with E-state index in [9.17, 15) is 9.59 Å². The number of carbonyl (C=O) groups is 1. The lowest BCUT2D eigenvalue weighted by molar-refractivity contribution is 0.0735. The van der Waals surface area contributed by atoms with E-state index in [1.54, 1.807) is 18.2 Å². The van der Waals surface area contributed by atoms with Gasteiger partial charge in [0.05, 0.1) is 10.6 Å². The third-order valence-electron chi connectivity index (χ3n) is 4.56. The molecule has 1 heterocycles. The molecule has 0 atom stereocenters. The molecule has 0 fully saturated rings. The summed E-state index contributed by atoms with van der Waals surface area (Å²) in [5.41, 5.74) is 2.13. The first-order chi connectivity index (χ1) is 12.5. The Morgan fingerprint density at radius 1 is 1.00 bits per heavy atom. The van der Waals surface area contributed by atoms with E-state index in [2.05, 4.69) is 0 Å². The zero-order valence-corrected chi connectivity index (χ0v) is 15.2. The van der Waals surface area contributed by atoms with E-state index in [1.165, 1.54) is 12.1 Å². The number of ether oxygens (including phenoxy) is 1. The van der Waals surface area contributed by atoms with Crippen LogP contribution in [-0.4, -0.2) is 5.97 Å². The zero-order chi connectivity index (χ0) is 18.3. The van der Waals surface area contributed by atoms with Crippen LogP contribution in [-0.2, 0) is 12.8 Å². The minimum atomic E-state index is -0.605. The summed E-state index contributed by atoms with van der Waals surface area (Å²) in [4.78, 5) is 24.5. The van der Waals surface area contributed by atoms with Crippen molar-refractivity contribution in [3.63, 3.8) is 0 Å². The minimum absolute atomic E-state index is 0.211. The maximum atomic E-state index is 12.3. The van der Waals surface area contributed by atoms with Crippen molar-refractivity contribution in [1.29, 1.82) is 0 Å². The second kappa shape index (κ2) is 6.78. The van der Waals surface area contributed by atoms with Crippen molar-refractivity contribution in [2.24, 2.45) is 0 Å². The van der Waals surface area contributed by atoms with Crippen LogP contribution in [0.25, 0.3) is 11.0 Å². The normalized spacial score (nSPS) is 13.5. The quantitative estimate of drug-likeness (QED) is 0.344. The number of hydrogen-bond acceptors (Lipinski definition) is 4. The van der Waals surface area contributed by atoms with E-state index < -0.39 is 5.97 Å². The van der Waals surface area contributed by atoms with Crippen molar-refractivity contribution >= 4 is 40.1 Å². The van der Waals surface area contributed by atoms with Crippen LogP contribution in [0.4, 0.5) is 0 Å². The van der Waals surface area contributed by atoms with E-state index in [1.807, 2.05) is 6.07 Å². The standard InChI is InChI=1S/C20H14Cl2O4/c21-11-5-7-16(17(22)9-11)20(24)25-12-6-8-14-13-3-1-2-4-15(13)19(23)26-18(14)10-12/h5-10H,1-4H2. The van der Waals surface area contributed by atoms with Gasteiger partial charge in [-0.25, -0.2) is 9.59 Å². The summed E-state index contributed by atoms with van der Waals surface area (Å²) in [5, 5.41) is 1.54. The predicted molar refractivity (Wildman–Crippen MR) is 101 cm³/mol. The summed E-state index contributed by atoms with van der Waals surface area (Å²) in [7, 11) is 0. The molecule has 1 aromatic heterocycles. The molecule has 1 aliphatic carbocycles. The molecule has 0 unspecified atom stereocenters. The Morgan fingerprint density at radius 3 is 2.54 bits per heavy atom. The summed E-state index contributed by atoms with van der Waals surface area (Å²) < 4.78 is 10.8. The van der Waals surface area contributed by atoms with Gasteiger partial charge in [0.2, 0.25) is 0 Å². The maximum absolute atomic E-state index is 12.3. The first-order valence-corrected chi connectivity index (χ1v) is 9.04. The van der Waals surface area contributed by atoms with Gasteiger partial charge in [-0.3, -0.25) is 0 Å². The summed E-state index contributed by atoms with van der Waals surface area (Å²) in [5.74, 6) is -0.321. The van der Waals surface area contributed by atoms with E-state index in [0.29, 0.717) is 10.6 Å². The van der Waals surface area contributed by atoms with Gasteiger partial charge in [-0.2, -0.15) is 0 Å². The van der Waals surface area contributed by atoms with Crippen LogP contribution in [0.3, 0.4) is 0 Å². The second-order valence-electron chi connectivity index (χ2n) is 6.23. The molecule has 132 valence electrons. The molecule has 0 amide bonds. The fourth-order valence-electron chi connectivity index (χ4n) is 3.31. The van der Waals surface area contributed by atoms with Crippen molar-refractivity contribution in [3.8, 4) is 5.75 Å². The molecule has 0 bridgehead atoms. The third-order valence-corrected chi connectivity index (χ3v) is 5.10. The minimum Gasteiger partial charge on any atom is -0.423 e. The van der Waals surface area contributed by atoms with Crippen molar-refractivity contribution in [1.82, 2.24) is 0 Å². The molecule has 4 rings (SSSR count).